The van der Waals surface area contributed by atoms with Crippen LogP contribution in [-0.2, 0) is 10.0 Å². The number of benzene rings is 1. The van der Waals surface area contributed by atoms with Gasteiger partial charge < -0.3 is 4.90 Å². The lowest BCUT2D eigenvalue weighted by molar-refractivity contribution is 0.0691. The predicted octanol–water partition coefficient (Wildman–Crippen LogP) is 1.39. The number of rotatable bonds is 3. The number of piperazine rings is 1. The van der Waals surface area contributed by atoms with Gasteiger partial charge in [-0.1, -0.05) is 22.0 Å². The molecule has 24 heavy (non-hydrogen) atoms. The van der Waals surface area contributed by atoms with Crippen LogP contribution < -0.4 is 0 Å². The summed E-state index contributed by atoms with van der Waals surface area (Å²) in [5.74, 6) is -0.234. The maximum absolute atomic E-state index is 12.7. The predicted molar refractivity (Wildman–Crippen MR) is 90.8 cm³/mol. The molecular weight excluding hydrogens is 396 g/mol. The third-order valence-corrected chi connectivity index (χ3v) is 6.13. The van der Waals surface area contributed by atoms with Gasteiger partial charge in [0.2, 0.25) is 10.0 Å². The number of sulfonamides is 1. The molecule has 0 spiro atoms. The van der Waals surface area contributed by atoms with Gasteiger partial charge in [0.25, 0.3) is 5.91 Å². The van der Waals surface area contributed by atoms with Crippen molar-refractivity contribution in [1.82, 2.24) is 19.2 Å². The van der Waals surface area contributed by atoms with E-state index in [2.05, 4.69) is 25.9 Å². The van der Waals surface area contributed by atoms with E-state index in [1.165, 1.54) is 22.9 Å². The van der Waals surface area contributed by atoms with Gasteiger partial charge in [-0.25, -0.2) is 13.4 Å². The van der Waals surface area contributed by atoms with Crippen LogP contribution in [0.5, 0.6) is 0 Å². The Bertz CT molecular complexity index is 837. The van der Waals surface area contributed by atoms with Crippen LogP contribution in [0.3, 0.4) is 0 Å². The minimum absolute atomic E-state index is 0.234. The lowest BCUT2D eigenvalue weighted by atomic mass is 10.3. The Kier molecular flexibility index (Phi) is 4.93. The highest BCUT2D eigenvalue weighted by molar-refractivity contribution is 9.10. The van der Waals surface area contributed by atoms with Crippen LogP contribution >= 0.6 is 15.9 Å². The van der Waals surface area contributed by atoms with Crippen molar-refractivity contribution in [3.63, 3.8) is 0 Å². The molecule has 0 radical (unpaired) electrons. The molecule has 0 atom stereocenters. The number of hydrogen-bond acceptors (Lipinski definition) is 5. The first kappa shape index (κ1) is 17.0. The van der Waals surface area contributed by atoms with Crippen molar-refractivity contribution >= 4 is 31.9 Å². The molecule has 126 valence electrons. The SMILES string of the molecule is O=C(c1cnccn1)N1CCN(S(=O)(=O)c2cccc(Br)c2)CC1. The van der Waals surface area contributed by atoms with Crippen LogP contribution in [-0.4, -0.2) is 59.7 Å². The van der Waals surface area contributed by atoms with Gasteiger partial charge in [-0.2, -0.15) is 4.31 Å². The van der Waals surface area contributed by atoms with E-state index < -0.39 is 10.0 Å². The molecule has 2 aromatic rings. The maximum Gasteiger partial charge on any atom is 0.274 e. The third-order valence-electron chi connectivity index (χ3n) is 3.74. The fourth-order valence-electron chi connectivity index (χ4n) is 2.48. The van der Waals surface area contributed by atoms with Crippen molar-refractivity contribution < 1.29 is 13.2 Å². The molecule has 7 nitrogen and oxygen atoms in total. The van der Waals surface area contributed by atoms with Gasteiger partial charge in [0.15, 0.2) is 0 Å². The lowest BCUT2D eigenvalue weighted by Gasteiger charge is -2.33. The average Bonchev–Trinajstić information content (AvgIpc) is 2.62. The molecule has 1 aliphatic heterocycles. The minimum atomic E-state index is -3.56. The van der Waals surface area contributed by atoms with Crippen molar-refractivity contribution in [3.8, 4) is 0 Å². The summed E-state index contributed by atoms with van der Waals surface area (Å²) in [6, 6.07) is 6.60. The Labute approximate surface area is 148 Å². The molecule has 1 saturated heterocycles. The summed E-state index contributed by atoms with van der Waals surface area (Å²) in [5.41, 5.74) is 0.265. The molecule has 0 bridgehead atoms. The largest absolute Gasteiger partial charge is 0.335 e. The number of amides is 1. The highest BCUT2D eigenvalue weighted by atomic mass is 79.9. The molecule has 0 aliphatic carbocycles. The first-order chi connectivity index (χ1) is 11.5. The molecule has 1 aromatic heterocycles. The topological polar surface area (TPSA) is 83.5 Å². The number of hydrogen-bond donors (Lipinski definition) is 0. The van der Waals surface area contributed by atoms with E-state index in [4.69, 9.17) is 0 Å². The van der Waals surface area contributed by atoms with Crippen LogP contribution in [0.4, 0.5) is 0 Å². The van der Waals surface area contributed by atoms with Gasteiger partial charge in [-0.3, -0.25) is 9.78 Å². The van der Waals surface area contributed by atoms with Gasteiger partial charge in [-0.05, 0) is 18.2 Å². The van der Waals surface area contributed by atoms with E-state index in [0.29, 0.717) is 17.6 Å². The Hall–Kier alpha value is -1.84. The number of nitrogens with zero attached hydrogens (tertiary/aromatic N) is 4. The molecule has 0 unspecified atom stereocenters. The summed E-state index contributed by atoms with van der Waals surface area (Å²) in [4.78, 5) is 22.0. The van der Waals surface area contributed by atoms with Crippen LogP contribution in [0.2, 0.25) is 0 Å². The molecule has 1 aliphatic rings. The summed E-state index contributed by atoms with van der Waals surface area (Å²) in [7, 11) is -3.56. The molecule has 1 aromatic carbocycles. The fourth-order valence-corrected chi connectivity index (χ4v) is 4.50. The van der Waals surface area contributed by atoms with E-state index in [-0.39, 0.29) is 29.6 Å². The number of halogens is 1. The van der Waals surface area contributed by atoms with Gasteiger partial charge in [0, 0.05) is 43.0 Å². The van der Waals surface area contributed by atoms with Crippen LogP contribution in [0.1, 0.15) is 10.5 Å². The van der Waals surface area contributed by atoms with Gasteiger partial charge >= 0.3 is 0 Å². The highest BCUT2D eigenvalue weighted by Gasteiger charge is 2.30. The summed E-state index contributed by atoms with van der Waals surface area (Å²) < 4.78 is 27.4. The van der Waals surface area contributed by atoms with E-state index in [9.17, 15) is 13.2 Å². The third kappa shape index (κ3) is 3.47. The summed E-state index contributed by atoms with van der Waals surface area (Å²) in [5, 5.41) is 0. The maximum atomic E-state index is 12.7. The van der Waals surface area contributed by atoms with Crippen LogP contribution in [0.25, 0.3) is 0 Å². The van der Waals surface area contributed by atoms with Crippen LogP contribution in [0.15, 0.2) is 52.2 Å². The lowest BCUT2D eigenvalue weighted by Crippen LogP contribution is -2.50. The smallest absolute Gasteiger partial charge is 0.274 e. The zero-order valence-electron chi connectivity index (χ0n) is 12.7. The first-order valence-corrected chi connectivity index (χ1v) is 9.53. The second-order valence-electron chi connectivity index (χ2n) is 5.24. The van der Waals surface area contributed by atoms with Gasteiger partial charge in [0.05, 0.1) is 11.1 Å². The molecule has 0 N–H and O–H groups in total. The van der Waals surface area contributed by atoms with Crippen molar-refractivity contribution in [2.75, 3.05) is 26.2 Å². The van der Waals surface area contributed by atoms with Gasteiger partial charge in [-0.15, -0.1) is 0 Å². The molecule has 1 amide bonds. The van der Waals surface area contributed by atoms with Crippen molar-refractivity contribution in [2.45, 2.75) is 4.90 Å². The second-order valence-corrected chi connectivity index (χ2v) is 8.10. The van der Waals surface area contributed by atoms with E-state index in [1.807, 2.05) is 0 Å². The molecule has 9 heteroatoms. The van der Waals surface area contributed by atoms with Crippen molar-refractivity contribution in [1.29, 1.82) is 0 Å². The van der Waals surface area contributed by atoms with E-state index in [1.54, 1.807) is 29.2 Å². The number of aromatic nitrogens is 2. The molecule has 0 saturated carbocycles. The minimum Gasteiger partial charge on any atom is -0.335 e. The molecule has 3 rings (SSSR count). The zero-order valence-corrected chi connectivity index (χ0v) is 15.1. The van der Waals surface area contributed by atoms with Crippen molar-refractivity contribution in [3.05, 3.63) is 53.0 Å². The van der Waals surface area contributed by atoms with E-state index >= 15 is 0 Å². The number of carbonyl (C=O) groups is 1. The molecule has 2 heterocycles. The van der Waals surface area contributed by atoms with Crippen molar-refractivity contribution in [2.24, 2.45) is 0 Å². The molecule has 1 fully saturated rings. The highest BCUT2D eigenvalue weighted by Crippen LogP contribution is 2.21. The Balaban J connectivity index is 1.70. The summed E-state index contributed by atoms with van der Waals surface area (Å²) in [6.45, 7) is 1.15. The van der Waals surface area contributed by atoms with Crippen LogP contribution in [0, 0.1) is 0 Å². The average molecular weight is 411 g/mol. The number of carbonyl (C=O) groups excluding carboxylic acids is 1. The quantitative estimate of drug-likeness (QED) is 0.762. The normalized spacial score (nSPS) is 16.1. The Morgan fingerprint density at radius 1 is 1.12 bits per heavy atom. The standard InChI is InChI=1S/C15H15BrN4O3S/c16-12-2-1-3-13(10-12)24(22,23)20-8-6-19(7-9-20)15(21)14-11-17-4-5-18-14/h1-5,10-11H,6-9H2. The monoisotopic (exact) mass is 410 g/mol. The fraction of sp³-hybridized carbons (Fsp3) is 0.267. The molecular formula is C15H15BrN4O3S. The van der Waals surface area contributed by atoms with Gasteiger partial charge in [0.1, 0.15) is 5.69 Å². The zero-order chi connectivity index (χ0) is 17.2. The first-order valence-electron chi connectivity index (χ1n) is 7.29. The summed E-state index contributed by atoms with van der Waals surface area (Å²) in [6.07, 6.45) is 4.37. The Morgan fingerprint density at radius 2 is 1.88 bits per heavy atom. The van der Waals surface area contributed by atoms with E-state index in [0.717, 1.165) is 0 Å². The second kappa shape index (κ2) is 6.96. The Morgan fingerprint density at radius 3 is 2.50 bits per heavy atom. The summed E-state index contributed by atoms with van der Waals surface area (Å²) >= 11 is 3.28.